The smallest absolute Gasteiger partial charge is 0.255 e. The first kappa shape index (κ1) is 19.1. The maximum Gasteiger partial charge on any atom is 0.255 e. The van der Waals surface area contributed by atoms with Crippen molar-refractivity contribution >= 4 is 23.4 Å². The summed E-state index contributed by atoms with van der Waals surface area (Å²) in [5.41, 5.74) is 4.66. The second-order valence-electron chi connectivity index (χ2n) is 7.39. The van der Waals surface area contributed by atoms with Crippen molar-refractivity contribution in [3.05, 3.63) is 64.7 Å². The van der Waals surface area contributed by atoms with Gasteiger partial charge in [0.05, 0.1) is 0 Å². The number of hydrogen-bond donors (Lipinski definition) is 3. The average molecular weight is 392 g/mol. The van der Waals surface area contributed by atoms with Gasteiger partial charge in [0, 0.05) is 37.3 Å². The lowest BCUT2D eigenvalue weighted by Crippen LogP contribution is -2.52. The van der Waals surface area contributed by atoms with Gasteiger partial charge in [0.2, 0.25) is 11.8 Å². The lowest BCUT2D eigenvalue weighted by atomic mass is 10.0. The average Bonchev–Trinajstić information content (AvgIpc) is 3.05. The number of para-hydroxylation sites is 1. The number of imide groups is 1. The highest BCUT2D eigenvalue weighted by Crippen LogP contribution is 2.30. The minimum absolute atomic E-state index is 0.143. The van der Waals surface area contributed by atoms with E-state index >= 15 is 0 Å². The maximum absolute atomic E-state index is 13.1. The largest absolute Gasteiger partial charge is 0.381 e. The van der Waals surface area contributed by atoms with Gasteiger partial charge < -0.3 is 15.5 Å². The number of amides is 3. The number of nitrogens with one attached hydrogen (secondary N) is 3. The van der Waals surface area contributed by atoms with Crippen LogP contribution in [-0.4, -0.2) is 35.7 Å². The van der Waals surface area contributed by atoms with Crippen LogP contribution in [0.5, 0.6) is 0 Å². The summed E-state index contributed by atoms with van der Waals surface area (Å²) in [6, 6.07) is 13.3. The number of nitrogens with zero attached hydrogens (tertiary/aromatic N) is 1. The lowest BCUT2D eigenvalue weighted by Gasteiger charge is -2.29. The molecule has 7 heteroatoms. The summed E-state index contributed by atoms with van der Waals surface area (Å²) in [6.45, 7) is 1.65. The van der Waals surface area contributed by atoms with Crippen LogP contribution in [0.1, 0.15) is 39.9 Å². The molecule has 4 rings (SSSR count). The Morgan fingerprint density at radius 3 is 2.62 bits per heavy atom. The van der Waals surface area contributed by atoms with E-state index in [4.69, 9.17) is 0 Å². The Kier molecular flexibility index (Phi) is 5.31. The van der Waals surface area contributed by atoms with Crippen molar-refractivity contribution < 1.29 is 14.4 Å². The van der Waals surface area contributed by atoms with E-state index in [0.717, 1.165) is 28.9 Å². The van der Waals surface area contributed by atoms with Gasteiger partial charge in [-0.3, -0.25) is 19.7 Å². The number of hydrogen-bond acceptors (Lipinski definition) is 5. The number of anilines is 1. The molecule has 1 atom stereocenters. The minimum atomic E-state index is -0.593. The monoisotopic (exact) mass is 392 g/mol. The Balaban J connectivity index is 1.54. The molecular weight excluding hydrogens is 368 g/mol. The fourth-order valence-electron chi connectivity index (χ4n) is 4.07. The van der Waals surface area contributed by atoms with E-state index in [9.17, 15) is 14.4 Å². The molecule has 1 unspecified atom stereocenters. The van der Waals surface area contributed by atoms with Crippen LogP contribution in [-0.2, 0) is 29.2 Å². The Hall–Kier alpha value is -3.19. The first-order valence-electron chi connectivity index (χ1n) is 9.80. The van der Waals surface area contributed by atoms with E-state index in [2.05, 4.69) is 22.0 Å². The SMILES string of the molecule is CNCc1ccccc1NCc1cccc2c1C(=O)N(C1CCC(=O)NC1=O)C2. The molecule has 29 heavy (non-hydrogen) atoms. The van der Waals surface area contributed by atoms with Crippen molar-refractivity contribution in [3.63, 3.8) is 0 Å². The Bertz CT molecular complexity index is 972. The fourth-order valence-corrected chi connectivity index (χ4v) is 4.07. The Labute approximate surface area is 169 Å². The van der Waals surface area contributed by atoms with Crippen molar-refractivity contribution in [2.75, 3.05) is 12.4 Å². The second-order valence-corrected chi connectivity index (χ2v) is 7.39. The van der Waals surface area contributed by atoms with Crippen LogP contribution in [0, 0.1) is 0 Å². The normalized spacial score (nSPS) is 18.6. The summed E-state index contributed by atoms with van der Waals surface area (Å²) in [6.07, 6.45) is 0.628. The standard InChI is InChI=1S/C22H24N4O3/c1-23-11-14-5-2-3-8-17(14)24-12-15-6-4-7-16-13-26(22(29)20(15)16)18-9-10-19(27)25-21(18)28/h2-8,18,23-24H,9-13H2,1H3,(H,25,27,28). The number of fused-ring (bicyclic) bond motifs is 1. The molecule has 150 valence electrons. The van der Waals surface area contributed by atoms with E-state index in [-0.39, 0.29) is 24.1 Å². The van der Waals surface area contributed by atoms with Gasteiger partial charge in [0.15, 0.2) is 0 Å². The van der Waals surface area contributed by atoms with Crippen LogP contribution in [0.2, 0.25) is 0 Å². The molecule has 0 aliphatic carbocycles. The number of rotatable bonds is 6. The number of piperidine rings is 1. The van der Waals surface area contributed by atoms with Gasteiger partial charge in [-0.05, 0) is 36.2 Å². The highest BCUT2D eigenvalue weighted by atomic mass is 16.2. The summed E-state index contributed by atoms with van der Waals surface area (Å²) in [5, 5.41) is 8.94. The van der Waals surface area contributed by atoms with Crippen LogP contribution in [0.4, 0.5) is 5.69 Å². The zero-order chi connectivity index (χ0) is 20.4. The highest BCUT2D eigenvalue weighted by molar-refractivity contribution is 6.06. The predicted octanol–water partition coefficient (Wildman–Crippen LogP) is 1.78. The van der Waals surface area contributed by atoms with Crippen molar-refractivity contribution in [3.8, 4) is 0 Å². The van der Waals surface area contributed by atoms with E-state index in [1.54, 1.807) is 4.90 Å². The molecule has 0 radical (unpaired) electrons. The molecule has 1 saturated heterocycles. The minimum Gasteiger partial charge on any atom is -0.381 e. The van der Waals surface area contributed by atoms with Crippen LogP contribution >= 0.6 is 0 Å². The van der Waals surface area contributed by atoms with Gasteiger partial charge in [-0.25, -0.2) is 0 Å². The second kappa shape index (κ2) is 8.05. The van der Waals surface area contributed by atoms with Gasteiger partial charge in [0.1, 0.15) is 6.04 Å². The van der Waals surface area contributed by atoms with Crippen LogP contribution in [0.3, 0.4) is 0 Å². The third-order valence-electron chi connectivity index (χ3n) is 5.49. The van der Waals surface area contributed by atoms with Crippen molar-refractivity contribution in [2.45, 2.75) is 38.5 Å². The first-order valence-corrected chi connectivity index (χ1v) is 9.80. The maximum atomic E-state index is 13.1. The highest BCUT2D eigenvalue weighted by Gasteiger charge is 2.39. The first-order chi connectivity index (χ1) is 14.1. The zero-order valence-corrected chi connectivity index (χ0v) is 16.3. The molecule has 2 aliphatic heterocycles. The summed E-state index contributed by atoms with van der Waals surface area (Å²) in [4.78, 5) is 38.4. The third-order valence-corrected chi connectivity index (χ3v) is 5.49. The van der Waals surface area contributed by atoms with Crippen molar-refractivity contribution in [2.24, 2.45) is 0 Å². The zero-order valence-electron chi connectivity index (χ0n) is 16.3. The number of carbonyl (C=O) groups is 3. The molecule has 2 aromatic carbocycles. The Morgan fingerprint density at radius 2 is 1.83 bits per heavy atom. The summed E-state index contributed by atoms with van der Waals surface area (Å²) < 4.78 is 0. The van der Waals surface area contributed by atoms with Crippen molar-refractivity contribution in [1.29, 1.82) is 0 Å². The molecule has 2 aromatic rings. The summed E-state index contributed by atoms with van der Waals surface area (Å²) >= 11 is 0. The predicted molar refractivity (Wildman–Crippen MR) is 109 cm³/mol. The molecule has 2 heterocycles. The number of carbonyl (C=O) groups excluding carboxylic acids is 3. The van der Waals surface area contributed by atoms with Gasteiger partial charge in [-0.1, -0.05) is 36.4 Å². The molecule has 0 bridgehead atoms. The van der Waals surface area contributed by atoms with Gasteiger partial charge in [-0.15, -0.1) is 0 Å². The van der Waals surface area contributed by atoms with Crippen LogP contribution in [0.25, 0.3) is 0 Å². The molecule has 1 fully saturated rings. The molecule has 3 N–H and O–H groups in total. The van der Waals surface area contributed by atoms with E-state index < -0.39 is 6.04 Å². The quantitative estimate of drug-likeness (QED) is 0.652. The van der Waals surface area contributed by atoms with E-state index in [1.807, 2.05) is 43.4 Å². The van der Waals surface area contributed by atoms with Gasteiger partial charge in [0.25, 0.3) is 5.91 Å². The number of benzene rings is 2. The topological polar surface area (TPSA) is 90.5 Å². The van der Waals surface area contributed by atoms with Crippen molar-refractivity contribution in [1.82, 2.24) is 15.5 Å². The Morgan fingerprint density at radius 1 is 1.03 bits per heavy atom. The molecule has 0 saturated carbocycles. The van der Waals surface area contributed by atoms with E-state index in [0.29, 0.717) is 25.1 Å². The molecular formula is C22H24N4O3. The van der Waals surface area contributed by atoms with E-state index in [1.165, 1.54) is 0 Å². The van der Waals surface area contributed by atoms with Gasteiger partial charge >= 0.3 is 0 Å². The molecule has 0 spiro atoms. The van der Waals surface area contributed by atoms with Crippen LogP contribution < -0.4 is 16.0 Å². The lowest BCUT2D eigenvalue weighted by molar-refractivity contribution is -0.136. The van der Waals surface area contributed by atoms with Crippen LogP contribution in [0.15, 0.2) is 42.5 Å². The molecule has 3 amide bonds. The molecule has 2 aliphatic rings. The van der Waals surface area contributed by atoms with Gasteiger partial charge in [-0.2, -0.15) is 0 Å². The molecule has 0 aromatic heterocycles. The molecule has 7 nitrogen and oxygen atoms in total. The summed E-state index contributed by atoms with van der Waals surface area (Å²) in [7, 11) is 1.91. The summed E-state index contributed by atoms with van der Waals surface area (Å²) in [5.74, 6) is -0.806. The fraction of sp³-hybridized carbons (Fsp3) is 0.318. The third kappa shape index (κ3) is 3.73.